The first-order valence-corrected chi connectivity index (χ1v) is 10.3. The molecule has 2 aliphatic heterocycles. The Morgan fingerprint density at radius 3 is 2.58 bits per heavy atom. The molecule has 4 rings (SSSR count). The maximum atomic E-state index is 13.3. The average Bonchev–Trinajstić information content (AvgIpc) is 3.34. The van der Waals surface area contributed by atoms with Gasteiger partial charge in [-0.25, -0.2) is 8.78 Å². The Bertz CT molecular complexity index is 1040. The second-order valence-corrected chi connectivity index (χ2v) is 7.86. The van der Waals surface area contributed by atoms with Gasteiger partial charge in [-0.2, -0.15) is 0 Å². The topological polar surface area (TPSA) is 69.7 Å². The minimum atomic E-state index is -0.706. The highest BCUT2D eigenvalue weighted by Crippen LogP contribution is 2.34. The van der Waals surface area contributed by atoms with Gasteiger partial charge in [0.15, 0.2) is 0 Å². The molecule has 0 bridgehead atoms. The molecule has 2 heterocycles. The summed E-state index contributed by atoms with van der Waals surface area (Å²) in [5.74, 6) is -2.38. The Hall–Kier alpha value is -3.29. The molecule has 2 aromatic rings. The maximum absolute atomic E-state index is 13.3. The number of hydrogen-bond acceptors (Lipinski definition) is 3. The molecule has 0 aromatic heterocycles. The first kappa shape index (κ1) is 21.0. The summed E-state index contributed by atoms with van der Waals surface area (Å²) >= 11 is 0. The predicted molar refractivity (Wildman–Crippen MR) is 111 cm³/mol. The quantitative estimate of drug-likeness (QED) is 0.798. The summed E-state index contributed by atoms with van der Waals surface area (Å²) in [6.45, 7) is 2.68. The third-order valence-electron chi connectivity index (χ3n) is 5.76. The number of fused-ring (bicyclic) bond motifs is 1. The first-order valence-electron chi connectivity index (χ1n) is 10.3. The van der Waals surface area contributed by atoms with Crippen LogP contribution in [0.25, 0.3) is 0 Å². The number of amides is 3. The predicted octanol–water partition coefficient (Wildman–Crippen LogP) is 2.93. The molecule has 0 radical (unpaired) electrons. The smallest absolute Gasteiger partial charge is 0.227 e. The van der Waals surface area contributed by atoms with Crippen LogP contribution in [0.4, 0.5) is 20.2 Å². The van der Waals surface area contributed by atoms with Gasteiger partial charge in [-0.15, -0.1) is 0 Å². The van der Waals surface area contributed by atoms with Crippen molar-refractivity contribution in [1.29, 1.82) is 0 Å². The highest BCUT2D eigenvalue weighted by atomic mass is 19.1. The molecule has 1 atom stereocenters. The van der Waals surface area contributed by atoms with Crippen LogP contribution in [-0.2, 0) is 27.3 Å². The van der Waals surface area contributed by atoms with Gasteiger partial charge in [0, 0.05) is 49.9 Å². The molecule has 8 heteroatoms. The molecular weight excluding hydrogens is 404 g/mol. The number of benzene rings is 2. The standard InChI is InChI=1S/C23H23F2N3O3/c1-2-21(29)27-6-5-15-9-19(3-4-20(15)27)28-13-16(10-22(28)30)23(31)26-12-14-7-17(24)11-18(25)8-14/h3-4,7-9,11,16H,2,5-6,10,12-13H2,1H3,(H,26,31)/t16-/m1/s1. The summed E-state index contributed by atoms with van der Waals surface area (Å²) in [4.78, 5) is 40.5. The Labute approximate surface area is 178 Å². The number of halogens is 2. The van der Waals surface area contributed by atoms with Crippen molar-refractivity contribution in [3.63, 3.8) is 0 Å². The molecule has 1 N–H and O–H groups in total. The fraction of sp³-hybridized carbons (Fsp3) is 0.348. The minimum absolute atomic E-state index is 0.0155. The van der Waals surface area contributed by atoms with Gasteiger partial charge >= 0.3 is 0 Å². The van der Waals surface area contributed by atoms with E-state index in [1.165, 1.54) is 0 Å². The highest BCUT2D eigenvalue weighted by molar-refractivity contribution is 6.01. The Morgan fingerprint density at radius 1 is 1.13 bits per heavy atom. The number of carbonyl (C=O) groups is 3. The monoisotopic (exact) mass is 427 g/mol. The van der Waals surface area contributed by atoms with Crippen LogP contribution in [0.5, 0.6) is 0 Å². The number of carbonyl (C=O) groups excluding carboxylic acids is 3. The summed E-state index contributed by atoms with van der Waals surface area (Å²) in [5.41, 5.74) is 2.90. The molecule has 0 spiro atoms. The van der Waals surface area contributed by atoms with Gasteiger partial charge in [-0.3, -0.25) is 14.4 Å². The van der Waals surface area contributed by atoms with Gasteiger partial charge in [0.1, 0.15) is 11.6 Å². The van der Waals surface area contributed by atoms with E-state index < -0.39 is 17.6 Å². The summed E-state index contributed by atoms with van der Waals surface area (Å²) in [6.07, 6.45) is 1.23. The SMILES string of the molecule is CCC(=O)N1CCc2cc(N3C[C@H](C(=O)NCc4cc(F)cc(F)c4)CC3=O)ccc21. The normalized spacial score (nSPS) is 17.8. The second kappa shape index (κ2) is 8.45. The number of nitrogens with one attached hydrogen (secondary N) is 1. The lowest BCUT2D eigenvalue weighted by molar-refractivity contribution is -0.126. The van der Waals surface area contributed by atoms with Gasteiger partial charge in [0.05, 0.1) is 5.92 Å². The molecule has 3 amide bonds. The van der Waals surface area contributed by atoms with Crippen LogP contribution >= 0.6 is 0 Å². The van der Waals surface area contributed by atoms with Gasteiger partial charge in [0.2, 0.25) is 17.7 Å². The fourth-order valence-electron chi connectivity index (χ4n) is 4.19. The van der Waals surface area contributed by atoms with Gasteiger partial charge in [-0.05, 0) is 47.9 Å². The molecule has 162 valence electrons. The van der Waals surface area contributed by atoms with Crippen molar-refractivity contribution >= 4 is 29.1 Å². The van der Waals surface area contributed by atoms with Crippen molar-refractivity contribution in [2.75, 3.05) is 22.9 Å². The van der Waals surface area contributed by atoms with Crippen LogP contribution in [-0.4, -0.2) is 30.8 Å². The molecule has 31 heavy (non-hydrogen) atoms. The van der Waals surface area contributed by atoms with E-state index in [1.807, 2.05) is 19.1 Å². The summed E-state index contributed by atoms with van der Waals surface area (Å²) in [5, 5.41) is 2.66. The van der Waals surface area contributed by atoms with Crippen molar-refractivity contribution in [2.45, 2.75) is 32.7 Å². The lowest BCUT2D eigenvalue weighted by Gasteiger charge is -2.20. The van der Waals surface area contributed by atoms with Gasteiger partial charge < -0.3 is 15.1 Å². The third-order valence-corrected chi connectivity index (χ3v) is 5.76. The van der Waals surface area contributed by atoms with Crippen molar-refractivity contribution in [1.82, 2.24) is 5.32 Å². The lowest BCUT2D eigenvalue weighted by atomic mass is 10.1. The molecule has 2 aliphatic rings. The second-order valence-electron chi connectivity index (χ2n) is 7.86. The molecular formula is C23H23F2N3O3. The molecule has 0 aliphatic carbocycles. The molecule has 0 saturated carbocycles. The van der Waals surface area contributed by atoms with Crippen molar-refractivity contribution in [3.05, 3.63) is 59.2 Å². The van der Waals surface area contributed by atoms with Crippen molar-refractivity contribution < 1.29 is 23.2 Å². The van der Waals surface area contributed by atoms with E-state index >= 15 is 0 Å². The number of anilines is 2. The van der Waals surface area contributed by atoms with E-state index in [1.54, 1.807) is 15.9 Å². The molecule has 6 nitrogen and oxygen atoms in total. The average molecular weight is 427 g/mol. The zero-order valence-electron chi connectivity index (χ0n) is 17.2. The Morgan fingerprint density at radius 2 is 1.87 bits per heavy atom. The van der Waals surface area contributed by atoms with E-state index in [9.17, 15) is 23.2 Å². The maximum Gasteiger partial charge on any atom is 0.227 e. The zero-order valence-corrected chi connectivity index (χ0v) is 17.2. The van der Waals surface area contributed by atoms with E-state index in [0.29, 0.717) is 24.2 Å². The van der Waals surface area contributed by atoms with Crippen LogP contribution in [0.1, 0.15) is 30.9 Å². The summed E-state index contributed by atoms with van der Waals surface area (Å²) < 4.78 is 26.6. The number of nitrogens with zero attached hydrogens (tertiary/aromatic N) is 2. The van der Waals surface area contributed by atoms with Crippen molar-refractivity contribution in [3.8, 4) is 0 Å². The molecule has 2 aromatic carbocycles. The van der Waals surface area contributed by atoms with E-state index in [-0.39, 0.29) is 37.2 Å². The first-order chi connectivity index (χ1) is 14.9. The van der Waals surface area contributed by atoms with Crippen LogP contribution in [0.2, 0.25) is 0 Å². The van der Waals surface area contributed by atoms with Gasteiger partial charge in [-0.1, -0.05) is 6.92 Å². The largest absolute Gasteiger partial charge is 0.352 e. The zero-order chi connectivity index (χ0) is 22.1. The third kappa shape index (κ3) is 4.28. The highest BCUT2D eigenvalue weighted by Gasteiger charge is 2.35. The van der Waals surface area contributed by atoms with E-state index in [0.717, 1.165) is 35.9 Å². The van der Waals surface area contributed by atoms with Crippen LogP contribution in [0.15, 0.2) is 36.4 Å². The Kier molecular flexibility index (Phi) is 5.71. The number of hydrogen-bond donors (Lipinski definition) is 1. The number of rotatable bonds is 5. The Balaban J connectivity index is 1.41. The fourth-order valence-corrected chi connectivity index (χ4v) is 4.19. The minimum Gasteiger partial charge on any atom is -0.352 e. The summed E-state index contributed by atoms with van der Waals surface area (Å²) in [7, 11) is 0. The molecule has 1 saturated heterocycles. The lowest BCUT2D eigenvalue weighted by Crippen LogP contribution is -2.32. The van der Waals surface area contributed by atoms with Crippen LogP contribution in [0.3, 0.4) is 0 Å². The van der Waals surface area contributed by atoms with E-state index in [2.05, 4.69) is 5.32 Å². The van der Waals surface area contributed by atoms with Crippen LogP contribution in [0, 0.1) is 17.6 Å². The van der Waals surface area contributed by atoms with Crippen LogP contribution < -0.4 is 15.1 Å². The van der Waals surface area contributed by atoms with Crippen molar-refractivity contribution in [2.24, 2.45) is 5.92 Å². The van der Waals surface area contributed by atoms with E-state index in [4.69, 9.17) is 0 Å². The summed E-state index contributed by atoms with van der Waals surface area (Å²) in [6, 6.07) is 8.65. The molecule has 1 fully saturated rings. The molecule has 0 unspecified atom stereocenters. The van der Waals surface area contributed by atoms with Gasteiger partial charge in [0.25, 0.3) is 0 Å².